The van der Waals surface area contributed by atoms with Gasteiger partial charge in [-0.25, -0.2) is 18.8 Å². The largest absolute Gasteiger partial charge is 0.471 e. The van der Waals surface area contributed by atoms with E-state index in [2.05, 4.69) is 21.8 Å². The molecule has 2 N–H and O–H groups in total. The number of alkyl halides is 2. The second-order valence-electron chi connectivity index (χ2n) is 5.54. The standard InChI is InChI=1S/C15H22F2N4O/c1-11-4-3-7-21(9-11)15(18)20-8-12-5-2-6-19-14(12)22-10-13(16)17/h2,5-6,11,13H,3-4,7-10H2,1H3,(H2,18,20). The lowest BCUT2D eigenvalue weighted by molar-refractivity contribution is 0.0791. The Balaban J connectivity index is 1.99. The minimum absolute atomic E-state index is 0.186. The SMILES string of the molecule is CC1CCCN(C(N)=NCc2cccnc2OCC(F)F)C1. The average Bonchev–Trinajstić information content (AvgIpc) is 2.51. The van der Waals surface area contributed by atoms with E-state index >= 15 is 0 Å². The Morgan fingerprint density at radius 3 is 3.14 bits per heavy atom. The van der Waals surface area contributed by atoms with Gasteiger partial charge >= 0.3 is 0 Å². The number of hydrogen-bond acceptors (Lipinski definition) is 3. The molecule has 5 nitrogen and oxygen atoms in total. The van der Waals surface area contributed by atoms with Crippen LogP contribution in [0.2, 0.25) is 0 Å². The second-order valence-corrected chi connectivity index (χ2v) is 5.54. The number of ether oxygens (including phenoxy) is 1. The highest BCUT2D eigenvalue weighted by atomic mass is 19.3. The highest BCUT2D eigenvalue weighted by Crippen LogP contribution is 2.18. The van der Waals surface area contributed by atoms with Crippen LogP contribution >= 0.6 is 0 Å². The van der Waals surface area contributed by atoms with E-state index in [0.29, 0.717) is 17.4 Å². The number of aromatic nitrogens is 1. The number of nitrogens with two attached hydrogens (primary N) is 1. The van der Waals surface area contributed by atoms with E-state index < -0.39 is 13.0 Å². The van der Waals surface area contributed by atoms with E-state index in [9.17, 15) is 8.78 Å². The zero-order valence-electron chi connectivity index (χ0n) is 12.7. The Kier molecular flexibility index (Phi) is 5.91. The third-order valence-corrected chi connectivity index (χ3v) is 3.59. The summed E-state index contributed by atoms with van der Waals surface area (Å²) in [7, 11) is 0. The van der Waals surface area contributed by atoms with Crippen LogP contribution in [0.1, 0.15) is 25.3 Å². The molecular weight excluding hydrogens is 290 g/mol. The molecule has 0 radical (unpaired) electrons. The number of aliphatic imine (C=N–C) groups is 1. The molecule has 122 valence electrons. The molecule has 0 aliphatic carbocycles. The van der Waals surface area contributed by atoms with Crippen LogP contribution in [0.3, 0.4) is 0 Å². The van der Waals surface area contributed by atoms with Crippen molar-refractivity contribution in [2.75, 3.05) is 19.7 Å². The van der Waals surface area contributed by atoms with Gasteiger partial charge in [-0.15, -0.1) is 0 Å². The maximum Gasteiger partial charge on any atom is 0.272 e. The summed E-state index contributed by atoms with van der Waals surface area (Å²) in [4.78, 5) is 10.4. The van der Waals surface area contributed by atoms with Crippen LogP contribution in [0.4, 0.5) is 8.78 Å². The summed E-state index contributed by atoms with van der Waals surface area (Å²) in [5, 5.41) is 0. The van der Waals surface area contributed by atoms with Crippen LogP contribution < -0.4 is 10.5 Å². The number of pyridine rings is 1. The van der Waals surface area contributed by atoms with E-state index in [1.54, 1.807) is 12.1 Å². The van der Waals surface area contributed by atoms with Crippen molar-refractivity contribution in [1.29, 1.82) is 0 Å². The van der Waals surface area contributed by atoms with Gasteiger partial charge in [-0.3, -0.25) is 0 Å². The lowest BCUT2D eigenvalue weighted by atomic mass is 10.0. The Morgan fingerprint density at radius 2 is 2.41 bits per heavy atom. The van der Waals surface area contributed by atoms with Gasteiger partial charge < -0.3 is 15.4 Å². The van der Waals surface area contributed by atoms with Crippen molar-refractivity contribution in [2.45, 2.75) is 32.7 Å². The number of nitrogens with zero attached hydrogens (tertiary/aromatic N) is 3. The molecule has 2 rings (SSSR count). The van der Waals surface area contributed by atoms with Crippen LogP contribution in [0, 0.1) is 5.92 Å². The summed E-state index contributed by atoms with van der Waals surface area (Å²) >= 11 is 0. The fourth-order valence-electron chi connectivity index (χ4n) is 2.48. The van der Waals surface area contributed by atoms with E-state index in [4.69, 9.17) is 10.5 Å². The van der Waals surface area contributed by atoms with Crippen molar-refractivity contribution >= 4 is 5.96 Å². The summed E-state index contributed by atoms with van der Waals surface area (Å²) in [6.45, 7) is 3.59. The van der Waals surface area contributed by atoms with Crippen LogP contribution in [-0.2, 0) is 6.54 Å². The smallest absolute Gasteiger partial charge is 0.272 e. The van der Waals surface area contributed by atoms with Gasteiger partial charge in [0.05, 0.1) is 6.54 Å². The Morgan fingerprint density at radius 1 is 1.59 bits per heavy atom. The fourth-order valence-corrected chi connectivity index (χ4v) is 2.48. The molecule has 1 fully saturated rings. The van der Waals surface area contributed by atoms with Gasteiger partial charge in [0.25, 0.3) is 6.43 Å². The average molecular weight is 312 g/mol. The Bertz CT molecular complexity index is 510. The zero-order valence-corrected chi connectivity index (χ0v) is 12.7. The lowest BCUT2D eigenvalue weighted by Gasteiger charge is -2.31. The van der Waals surface area contributed by atoms with Gasteiger partial charge in [-0.05, 0) is 24.8 Å². The molecule has 0 spiro atoms. The van der Waals surface area contributed by atoms with Gasteiger partial charge in [-0.1, -0.05) is 13.0 Å². The van der Waals surface area contributed by atoms with Crippen LogP contribution in [0.5, 0.6) is 5.88 Å². The van der Waals surface area contributed by atoms with Crippen molar-refractivity contribution < 1.29 is 13.5 Å². The summed E-state index contributed by atoms with van der Waals surface area (Å²) in [5.41, 5.74) is 6.67. The van der Waals surface area contributed by atoms with Gasteiger partial charge in [0.1, 0.15) is 0 Å². The molecule has 1 aromatic heterocycles. The molecule has 1 atom stereocenters. The molecular formula is C15H22F2N4O. The van der Waals surface area contributed by atoms with E-state index in [-0.39, 0.29) is 12.4 Å². The third-order valence-electron chi connectivity index (χ3n) is 3.59. The minimum atomic E-state index is -2.53. The van der Waals surface area contributed by atoms with Crippen molar-refractivity contribution in [3.8, 4) is 5.88 Å². The van der Waals surface area contributed by atoms with Gasteiger partial charge in [0.2, 0.25) is 5.88 Å². The Hall–Kier alpha value is -1.92. The second kappa shape index (κ2) is 7.91. The van der Waals surface area contributed by atoms with Gasteiger partial charge in [0.15, 0.2) is 12.6 Å². The molecule has 1 aliphatic heterocycles. The van der Waals surface area contributed by atoms with E-state index in [0.717, 1.165) is 19.5 Å². The quantitative estimate of drug-likeness (QED) is 0.669. The van der Waals surface area contributed by atoms with E-state index in [1.807, 2.05) is 0 Å². The number of piperidine rings is 1. The van der Waals surface area contributed by atoms with Crippen LogP contribution in [0.15, 0.2) is 23.3 Å². The summed E-state index contributed by atoms with van der Waals surface area (Å²) in [6.07, 6.45) is 1.28. The van der Waals surface area contributed by atoms with Crippen molar-refractivity contribution in [1.82, 2.24) is 9.88 Å². The van der Waals surface area contributed by atoms with Gasteiger partial charge in [-0.2, -0.15) is 0 Å². The maximum atomic E-state index is 12.2. The number of likely N-dealkylation sites (tertiary alicyclic amines) is 1. The summed E-state index contributed by atoms with van der Waals surface area (Å²) in [6, 6.07) is 3.47. The number of halogens is 2. The first-order valence-corrected chi connectivity index (χ1v) is 7.46. The van der Waals surface area contributed by atoms with Crippen molar-refractivity contribution in [3.05, 3.63) is 23.9 Å². The predicted octanol–water partition coefficient (Wildman–Crippen LogP) is 2.27. The molecule has 1 saturated heterocycles. The lowest BCUT2D eigenvalue weighted by Crippen LogP contribution is -2.43. The number of hydrogen-bond donors (Lipinski definition) is 1. The molecule has 0 saturated carbocycles. The normalized spacial score (nSPS) is 19.5. The highest BCUT2D eigenvalue weighted by Gasteiger charge is 2.17. The fraction of sp³-hybridized carbons (Fsp3) is 0.600. The molecule has 2 heterocycles. The Labute approximate surface area is 129 Å². The predicted molar refractivity (Wildman–Crippen MR) is 81.0 cm³/mol. The summed E-state index contributed by atoms with van der Waals surface area (Å²) in [5.74, 6) is 1.27. The highest BCUT2D eigenvalue weighted by molar-refractivity contribution is 5.78. The van der Waals surface area contributed by atoms with Gasteiger partial charge in [0, 0.05) is 24.8 Å². The molecule has 1 aliphatic rings. The number of rotatable bonds is 5. The topological polar surface area (TPSA) is 63.7 Å². The number of guanidine groups is 1. The van der Waals surface area contributed by atoms with Crippen LogP contribution in [-0.4, -0.2) is 42.0 Å². The maximum absolute atomic E-state index is 12.2. The first-order chi connectivity index (χ1) is 10.6. The third kappa shape index (κ3) is 4.82. The molecule has 1 aromatic rings. The molecule has 0 aromatic carbocycles. The minimum Gasteiger partial charge on any atom is -0.471 e. The van der Waals surface area contributed by atoms with E-state index in [1.165, 1.54) is 12.6 Å². The monoisotopic (exact) mass is 312 g/mol. The van der Waals surface area contributed by atoms with Crippen LogP contribution in [0.25, 0.3) is 0 Å². The molecule has 7 heteroatoms. The first-order valence-electron chi connectivity index (χ1n) is 7.46. The first kappa shape index (κ1) is 16.5. The van der Waals surface area contributed by atoms with Crippen molar-refractivity contribution in [3.63, 3.8) is 0 Å². The molecule has 0 bridgehead atoms. The molecule has 0 amide bonds. The zero-order chi connectivity index (χ0) is 15.9. The summed E-state index contributed by atoms with van der Waals surface area (Å²) < 4.78 is 29.5. The van der Waals surface area contributed by atoms with Crippen molar-refractivity contribution in [2.24, 2.45) is 16.6 Å². The molecule has 22 heavy (non-hydrogen) atoms. The molecule has 1 unspecified atom stereocenters.